The van der Waals surface area contributed by atoms with Crippen LogP contribution in [-0.4, -0.2) is 40.8 Å². The van der Waals surface area contributed by atoms with Gasteiger partial charge in [-0.05, 0) is 25.1 Å². The minimum absolute atomic E-state index is 0.0732. The second-order valence-corrected chi connectivity index (χ2v) is 6.70. The summed E-state index contributed by atoms with van der Waals surface area (Å²) in [5.74, 6) is -0.915. The molecule has 0 saturated carbocycles. The number of pyridine rings is 1. The van der Waals surface area contributed by atoms with Crippen LogP contribution >= 0.6 is 11.6 Å². The van der Waals surface area contributed by atoms with Crippen molar-refractivity contribution in [3.05, 3.63) is 41.2 Å². The van der Waals surface area contributed by atoms with Crippen LogP contribution in [0.15, 0.2) is 24.5 Å². The maximum absolute atomic E-state index is 14.7. The molecule has 3 aromatic rings. The number of nitrogens with two attached hydrogens (primary N) is 1. The molecule has 0 unspecified atom stereocenters. The summed E-state index contributed by atoms with van der Waals surface area (Å²) in [4.78, 5) is 14.8. The van der Waals surface area contributed by atoms with Crippen molar-refractivity contribution < 1.29 is 13.5 Å². The van der Waals surface area contributed by atoms with Gasteiger partial charge in [-0.3, -0.25) is 0 Å². The number of aromatic nitrogens is 3. The normalized spacial score (nSPS) is 17.5. The van der Waals surface area contributed by atoms with E-state index in [4.69, 9.17) is 22.1 Å². The van der Waals surface area contributed by atoms with Crippen LogP contribution in [0, 0.1) is 11.6 Å². The van der Waals surface area contributed by atoms with Crippen LogP contribution in [0.1, 0.15) is 6.92 Å². The van der Waals surface area contributed by atoms with Crippen LogP contribution in [0.5, 0.6) is 0 Å². The van der Waals surface area contributed by atoms with Gasteiger partial charge in [0.2, 0.25) is 0 Å². The Kier molecular flexibility index (Phi) is 4.53. The topological polar surface area (TPSA) is 77.2 Å². The van der Waals surface area contributed by atoms with E-state index in [1.807, 2.05) is 11.8 Å². The van der Waals surface area contributed by atoms with Gasteiger partial charge in [0.25, 0.3) is 0 Å². The Labute approximate surface area is 158 Å². The molecule has 0 bridgehead atoms. The summed E-state index contributed by atoms with van der Waals surface area (Å²) < 4.78 is 33.8. The van der Waals surface area contributed by atoms with Gasteiger partial charge in [0.05, 0.1) is 19.3 Å². The Morgan fingerprint density at radius 3 is 2.81 bits per heavy atom. The average molecular weight is 392 g/mol. The van der Waals surface area contributed by atoms with Gasteiger partial charge < -0.3 is 15.4 Å². The molecule has 9 heteroatoms. The van der Waals surface area contributed by atoms with Gasteiger partial charge in [0.15, 0.2) is 11.6 Å². The Bertz CT molecular complexity index is 1030. The van der Waals surface area contributed by atoms with E-state index in [1.54, 1.807) is 6.07 Å². The summed E-state index contributed by atoms with van der Waals surface area (Å²) in [6.07, 6.45) is 1.28. The fourth-order valence-electron chi connectivity index (χ4n) is 3.20. The third-order valence-electron chi connectivity index (χ3n) is 4.59. The maximum atomic E-state index is 14.7. The number of fused-ring (bicyclic) bond motifs is 1. The zero-order valence-corrected chi connectivity index (χ0v) is 15.2. The van der Waals surface area contributed by atoms with E-state index in [0.29, 0.717) is 42.2 Å². The number of halogens is 3. The summed E-state index contributed by atoms with van der Waals surface area (Å²) in [6.45, 7) is 3.73. The number of anilines is 2. The lowest BCUT2D eigenvalue weighted by Gasteiger charge is -2.34. The minimum atomic E-state index is -0.859. The molecule has 4 rings (SSSR count). The highest BCUT2D eigenvalue weighted by atomic mass is 35.5. The first kappa shape index (κ1) is 17.8. The standard InChI is InChI=1S/C18H16ClF2N5O/c1-9-7-27-5-4-26(9)13-6-11(10-2-3-12(20)14(19)15(10)21)16-17(25-13)18(22)24-8-23-16/h2-3,6,8-9H,4-5,7H2,1H3,(H2,22,23,24)/t9-/m1/s1. The number of ether oxygens (including phenoxy) is 1. The van der Waals surface area contributed by atoms with Crippen LogP contribution in [0.3, 0.4) is 0 Å². The van der Waals surface area contributed by atoms with Crippen molar-refractivity contribution >= 4 is 34.3 Å². The highest BCUT2D eigenvalue weighted by Crippen LogP contribution is 2.36. The molecule has 0 amide bonds. The summed E-state index contributed by atoms with van der Waals surface area (Å²) in [5, 5.41) is -0.569. The highest BCUT2D eigenvalue weighted by Gasteiger charge is 2.24. The summed E-state index contributed by atoms with van der Waals surface area (Å²) >= 11 is 5.78. The van der Waals surface area contributed by atoms with E-state index in [0.717, 1.165) is 6.07 Å². The van der Waals surface area contributed by atoms with Crippen LogP contribution in [0.2, 0.25) is 5.02 Å². The number of hydrogen-bond donors (Lipinski definition) is 1. The van der Waals surface area contributed by atoms with Gasteiger partial charge in [-0.1, -0.05) is 11.6 Å². The molecule has 0 spiro atoms. The fraction of sp³-hybridized carbons (Fsp3) is 0.278. The molecule has 6 nitrogen and oxygen atoms in total. The van der Waals surface area contributed by atoms with E-state index in [-0.39, 0.29) is 17.4 Å². The third kappa shape index (κ3) is 3.04. The average Bonchev–Trinajstić information content (AvgIpc) is 2.67. The molecule has 140 valence electrons. The number of nitrogens with zero attached hydrogens (tertiary/aromatic N) is 4. The van der Waals surface area contributed by atoms with Gasteiger partial charge in [-0.25, -0.2) is 23.7 Å². The number of rotatable bonds is 2. The molecule has 1 atom stereocenters. The van der Waals surface area contributed by atoms with Crippen LogP contribution in [-0.2, 0) is 4.74 Å². The molecular weight excluding hydrogens is 376 g/mol. The lowest BCUT2D eigenvalue weighted by molar-refractivity contribution is 0.0986. The zero-order valence-electron chi connectivity index (χ0n) is 14.4. The third-order valence-corrected chi connectivity index (χ3v) is 4.94. The molecule has 1 aliphatic rings. The molecule has 1 aliphatic heterocycles. The second kappa shape index (κ2) is 6.86. The van der Waals surface area contributed by atoms with Crippen LogP contribution < -0.4 is 10.6 Å². The van der Waals surface area contributed by atoms with E-state index >= 15 is 0 Å². The Balaban J connectivity index is 1.99. The van der Waals surface area contributed by atoms with Crippen LogP contribution in [0.4, 0.5) is 20.4 Å². The van der Waals surface area contributed by atoms with Crippen molar-refractivity contribution in [2.45, 2.75) is 13.0 Å². The molecule has 2 aromatic heterocycles. The first-order chi connectivity index (χ1) is 13.0. The van der Waals surface area contributed by atoms with Gasteiger partial charge >= 0.3 is 0 Å². The Morgan fingerprint density at radius 1 is 1.22 bits per heavy atom. The molecule has 27 heavy (non-hydrogen) atoms. The molecule has 1 aromatic carbocycles. The molecule has 1 fully saturated rings. The Hall–Kier alpha value is -2.58. The fourth-order valence-corrected chi connectivity index (χ4v) is 3.36. The highest BCUT2D eigenvalue weighted by molar-refractivity contribution is 6.31. The van der Waals surface area contributed by atoms with Crippen LogP contribution in [0.25, 0.3) is 22.2 Å². The van der Waals surface area contributed by atoms with Crippen molar-refractivity contribution in [1.29, 1.82) is 0 Å². The minimum Gasteiger partial charge on any atom is -0.382 e. The zero-order chi connectivity index (χ0) is 19.1. The van der Waals surface area contributed by atoms with Crippen molar-refractivity contribution in [3.63, 3.8) is 0 Å². The first-order valence-electron chi connectivity index (χ1n) is 8.37. The molecule has 1 saturated heterocycles. The summed E-state index contributed by atoms with van der Waals surface area (Å²) in [7, 11) is 0. The van der Waals surface area contributed by atoms with Crippen molar-refractivity contribution in [1.82, 2.24) is 15.0 Å². The van der Waals surface area contributed by atoms with E-state index in [9.17, 15) is 8.78 Å². The SMILES string of the molecule is C[C@@H]1COCCN1c1cc(-c2ccc(F)c(Cl)c2F)c2ncnc(N)c2n1. The van der Waals surface area contributed by atoms with Gasteiger partial charge in [-0.2, -0.15) is 0 Å². The van der Waals surface area contributed by atoms with Gasteiger partial charge in [-0.15, -0.1) is 0 Å². The Morgan fingerprint density at radius 2 is 2.04 bits per heavy atom. The number of hydrogen-bond acceptors (Lipinski definition) is 6. The quantitative estimate of drug-likeness (QED) is 0.674. The summed E-state index contributed by atoms with van der Waals surface area (Å²) in [6, 6.07) is 4.23. The van der Waals surface area contributed by atoms with Crippen molar-refractivity contribution in [2.75, 3.05) is 30.4 Å². The van der Waals surface area contributed by atoms with Gasteiger partial charge in [0.1, 0.15) is 34.0 Å². The monoisotopic (exact) mass is 391 g/mol. The van der Waals surface area contributed by atoms with Gasteiger partial charge in [0, 0.05) is 17.7 Å². The molecule has 2 N–H and O–H groups in total. The molecule has 0 aliphatic carbocycles. The maximum Gasteiger partial charge on any atom is 0.153 e. The first-order valence-corrected chi connectivity index (χ1v) is 8.74. The number of nitrogen functional groups attached to an aromatic ring is 1. The van der Waals surface area contributed by atoms with Crippen molar-refractivity contribution in [2.24, 2.45) is 0 Å². The predicted octanol–water partition coefficient (Wildman–Crippen LogP) is 3.43. The van der Waals surface area contributed by atoms with E-state index in [1.165, 1.54) is 12.4 Å². The predicted molar refractivity (Wildman–Crippen MR) is 99.7 cm³/mol. The number of morpholine rings is 1. The lowest BCUT2D eigenvalue weighted by Crippen LogP contribution is -2.44. The lowest BCUT2D eigenvalue weighted by atomic mass is 10.0. The summed E-state index contributed by atoms with van der Waals surface area (Å²) in [5.41, 5.74) is 7.25. The molecular formula is C18H16ClF2N5O. The molecule has 0 radical (unpaired) electrons. The molecule has 3 heterocycles. The van der Waals surface area contributed by atoms with E-state index in [2.05, 4.69) is 15.0 Å². The van der Waals surface area contributed by atoms with E-state index < -0.39 is 16.7 Å². The number of benzene rings is 1. The smallest absolute Gasteiger partial charge is 0.153 e. The van der Waals surface area contributed by atoms with Crippen molar-refractivity contribution in [3.8, 4) is 11.1 Å². The second-order valence-electron chi connectivity index (χ2n) is 6.32. The largest absolute Gasteiger partial charge is 0.382 e.